The number of amides is 2. The number of nitrogens with two attached hydrogens (primary N) is 1. The summed E-state index contributed by atoms with van der Waals surface area (Å²) < 4.78 is 1.69. The van der Waals surface area contributed by atoms with Gasteiger partial charge < -0.3 is 11.1 Å². The van der Waals surface area contributed by atoms with Gasteiger partial charge in [-0.25, -0.2) is 0 Å². The lowest BCUT2D eigenvalue weighted by molar-refractivity contribution is -0.114. The molecule has 0 saturated carbocycles. The van der Waals surface area contributed by atoms with Crippen LogP contribution in [0.25, 0.3) is 12.2 Å². The highest BCUT2D eigenvalue weighted by molar-refractivity contribution is 7.36. The smallest absolute Gasteiger partial charge is 0.245 e. The summed E-state index contributed by atoms with van der Waals surface area (Å²) >= 11 is 2.74. The van der Waals surface area contributed by atoms with Crippen LogP contribution in [0.15, 0.2) is 0 Å². The number of carbonyl (C=O) groups excluding carboxylic acids is 2. The Morgan fingerprint density at radius 3 is 2.31 bits per heavy atom. The van der Waals surface area contributed by atoms with Crippen molar-refractivity contribution in [2.45, 2.75) is 0 Å². The van der Waals surface area contributed by atoms with Crippen LogP contribution in [0.3, 0.4) is 0 Å². The highest BCUT2D eigenvalue weighted by Gasteiger charge is 1.95. The Bertz CT molecular complexity index is 411. The summed E-state index contributed by atoms with van der Waals surface area (Å²) in [6.07, 6.45) is 2.82. The molecule has 0 atom stereocenters. The fraction of sp³-hybridized carbons (Fsp3) is 0.143. The van der Waals surface area contributed by atoms with Gasteiger partial charge in [-0.2, -0.15) is 0 Å². The first-order valence-corrected chi connectivity index (χ1v) is 5.05. The van der Waals surface area contributed by atoms with Crippen LogP contribution in [0.5, 0.6) is 0 Å². The lowest BCUT2D eigenvalue weighted by atomic mass is 10.6. The van der Waals surface area contributed by atoms with Crippen LogP contribution in [-0.2, 0) is 9.59 Å². The molecule has 0 saturated heterocycles. The van der Waals surface area contributed by atoms with E-state index in [0.717, 1.165) is 7.69 Å². The second-order valence-corrected chi connectivity index (χ2v) is 4.83. The van der Waals surface area contributed by atoms with Gasteiger partial charge >= 0.3 is 0 Å². The van der Waals surface area contributed by atoms with Crippen LogP contribution < -0.4 is 18.7 Å². The summed E-state index contributed by atoms with van der Waals surface area (Å²) in [4.78, 5) is 21.2. The molecule has 13 heavy (non-hydrogen) atoms. The summed E-state index contributed by atoms with van der Waals surface area (Å²) in [5.74, 6) is -0.609. The predicted octanol–water partition coefficient (Wildman–Crippen LogP) is -1.40. The highest BCUT2D eigenvalue weighted by atomic mass is 32.2. The van der Waals surface area contributed by atoms with Gasteiger partial charge in [0.25, 0.3) is 0 Å². The van der Waals surface area contributed by atoms with Crippen LogP contribution in [0.1, 0.15) is 0 Å². The molecule has 0 spiro atoms. The van der Waals surface area contributed by atoms with E-state index in [1.807, 2.05) is 0 Å². The number of hydrogen-bond donors (Lipinski definition) is 2. The highest BCUT2D eigenvalue weighted by Crippen LogP contribution is 1.87. The van der Waals surface area contributed by atoms with Crippen LogP contribution >= 0.6 is 22.7 Å². The van der Waals surface area contributed by atoms with Gasteiger partial charge in [-0.15, -0.1) is 22.7 Å². The van der Waals surface area contributed by atoms with Gasteiger partial charge in [0, 0.05) is 19.2 Å². The van der Waals surface area contributed by atoms with Crippen molar-refractivity contribution >= 4 is 46.6 Å². The van der Waals surface area contributed by atoms with E-state index in [4.69, 9.17) is 5.73 Å². The molecular formula is C7H8N2O2S2. The van der Waals surface area contributed by atoms with Crippen molar-refractivity contribution in [2.24, 2.45) is 5.73 Å². The van der Waals surface area contributed by atoms with E-state index >= 15 is 0 Å². The van der Waals surface area contributed by atoms with Crippen LogP contribution in [0.4, 0.5) is 0 Å². The third kappa shape index (κ3) is 3.00. The van der Waals surface area contributed by atoms with Gasteiger partial charge in [-0.1, -0.05) is 0 Å². The fourth-order valence-electron chi connectivity index (χ4n) is 0.619. The van der Waals surface area contributed by atoms with E-state index in [1.54, 1.807) is 7.05 Å². The number of carbonyl (C=O) groups is 2. The summed E-state index contributed by atoms with van der Waals surface area (Å²) in [7, 11) is 1.56. The molecular weight excluding hydrogens is 208 g/mol. The molecule has 1 aromatic heterocycles. The Labute approximate surface area is 82.4 Å². The van der Waals surface area contributed by atoms with E-state index in [9.17, 15) is 9.59 Å². The van der Waals surface area contributed by atoms with Gasteiger partial charge in [0.05, 0.1) is 7.69 Å². The predicted molar refractivity (Wildman–Crippen MR) is 53.6 cm³/mol. The average molecular weight is 216 g/mol. The van der Waals surface area contributed by atoms with E-state index in [0.29, 0.717) is 0 Å². The number of hydrogen-bond acceptors (Lipinski definition) is 4. The number of nitrogens with one attached hydrogen (secondary N) is 1. The Morgan fingerprint density at radius 2 is 1.85 bits per heavy atom. The molecule has 0 aliphatic rings. The molecule has 0 aromatic carbocycles. The Hall–Kier alpha value is -1.14. The van der Waals surface area contributed by atoms with Crippen molar-refractivity contribution in [1.29, 1.82) is 0 Å². The van der Waals surface area contributed by atoms with Crippen molar-refractivity contribution in [2.75, 3.05) is 7.05 Å². The number of primary amides is 1. The molecule has 0 unspecified atom stereocenters. The summed E-state index contributed by atoms with van der Waals surface area (Å²) in [5.41, 5.74) is 4.93. The molecule has 4 nitrogen and oxygen atoms in total. The van der Waals surface area contributed by atoms with E-state index in [-0.39, 0.29) is 5.91 Å². The van der Waals surface area contributed by atoms with Crippen LogP contribution in [-0.4, -0.2) is 18.9 Å². The molecule has 0 radical (unpaired) electrons. The zero-order valence-corrected chi connectivity index (χ0v) is 8.50. The maximum absolute atomic E-state index is 10.8. The summed E-state index contributed by atoms with van der Waals surface area (Å²) in [6, 6.07) is 0. The minimum absolute atomic E-state index is 0.145. The standard InChI is InChI=1S/C7H8N2O2S2/c1-9-5(11)3-7-12-6(13-7)2-4(8)10/h2-3H,1H3,(H2,8,10)(H,9,11). The van der Waals surface area contributed by atoms with Crippen LogP contribution in [0, 0.1) is 0 Å². The van der Waals surface area contributed by atoms with Gasteiger partial charge in [-0.05, 0) is 0 Å². The molecule has 0 bridgehead atoms. The molecule has 1 aromatic rings. The van der Waals surface area contributed by atoms with Crippen molar-refractivity contribution in [3.05, 3.63) is 7.69 Å². The summed E-state index contributed by atoms with van der Waals surface area (Å²) in [6.45, 7) is 0. The lowest BCUT2D eigenvalue weighted by Crippen LogP contribution is -2.21. The van der Waals surface area contributed by atoms with Gasteiger partial charge in [0.1, 0.15) is 0 Å². The van der Waals surface area contributed by atoms with E-state index < -0.39 is 5.91 Å². The normalized spacial score (nSPS) is 9.31. The maximum atomic E-state index is 10.8. The Balaban J connectivity index is 2.82. The van der Waals surface area contributed by atoms with Gasteiger partial charge in [0.15, 0.2) is 0 Å². The SMILES string of the molecule is CNC(=O)C=c1sc(=CC(N)=O)s1. The largest absolute Gasteiger partial charge is 0.366 e. The van der Waals surface area contributed by atoms with Crippen molar-refractivity contribution in [3.8, 4) is 0 Å². The molecule has 1 rings (SSSR count). The summed E-state index contributed by atoms with van der Waals surface area (Å²) in [5, 5.41) is 2.47. The molecule has 0 aliphatic carbocycles. The molecule has 2 amide bonds. The van der Waals surface area contributed by atoms with Crippen molar-refractivity contribution < 1.29 is 9.59 Å². The van der Waals surface area contributed by atoms with Crippen LogP contribution in [0.2, 0.25) is 0 Å². The second-order valence-electron chi connectivity index (χ2n) is 2.15. The Morgan fingerprint density at radius 1 is 1.31 bits per heavy atom. The zero-order valence-electron chi connectivity index (χ0n) is 6.87. The lowest BCUT2D eigenvalue weighted by Gasteiger charge is -1.92. The molecule has 0 aliphatic heterocycles. The Kier molecular flexibility index (Phi) is 3.21. The molecule has 70 valence electrons. The third-order valence-corrected chi connectivity index (χ3v) is 3.43. The zero-order chi connectivity index (χ0) is 9.84. The third-order valence-electron chi connectivity index (χ3n) is 1.16. The quantitative estimate of drug-likeness (QED) is 0.638. The van der Waals surface area contributed by atoms with E-state index in [1.165, 1.54) is 34.8 Å². The van der Waals surface area contributed by atoms with Gasteiger partial charge in [0.2, 0.25) is 11.8 Å². The molecule has 1 heterocycles. The first kappa shape index (κ1) is 9.94. The van der Waals surface area contributed by atoms with Gasteiger partial charge in [-0.3, -0.25) is 9.59 Å². The molecule has 0 fully saturated rings. The minimum Gasteiger partial charge on any atom is -0.366 e. The minimum atomic E-state index is -0.464. The maximum Gasteiger partial charge on any atom is 0.245 e. The number of rotatable bonds is 2. The first-order valence-electron chi connectivity index (χ1n) is 3.42. The van der Waals surface area contributed by atoms with E-state index in [2.05, 4.69) is 5.32 Å². The molecule has 6 heteroatoms. The second kappa shape index (κ2) is 4.20. The first-order chi connectivity index (χ1) is 6.11. The molecule has 3 N–H and O–H groups in total. The van der Waals surface area contributed by atoms with Crippen molar-refractivity contribution in [1.82, 2.24) is 5.32 Å². The monoisotopic (exact) mass is 216 g/mol. The fourth-order valence-corrected chi connectivity index (χ4v) is 2.54. The topological polar surface area (TPSA) is 72.2 Å². The average Bonchev–Trinajstić information content (AvgIpc) is 1.99. The van der Waals surface area contributed by atoms with Crippen molar-refractivity contribution in [3.63, 3.8) is 0 Å².